The molecule has 0 saturated heterocycles. The zero-order valence-electron chi connectivity index (χ0n) is 11.5. The molecule has 2 rings (SSSR count). The van der Waals surface area contributed by atoms with Crippen LogP contribution in [0.3, 0.4) is 0 Å². The fourth-order valence-electron chi connectivity index (χ4n) is 1.92. The van der Waals surface area contributed by atoms with Crippen LogP contribution in [0.15, 0.2) is 30.7 Å². The number of aryl methyl sites for hydroxylation is 1. The van der Waals surface area contributed by atoms with Crippen LogP contribution in [0.2, 0.25) is 0 Å². The molecule has 0 spiro atoms. The Morgan fingerprint density at radius 1 is 1.21 bits per heavy atom. The minimum atomic E-state index is 0.719. The summed E-state index contributed by atoms with van der Waals surface area (Å²) in [5.41, 5.74) is 2.14. The average Bonchev–Trinajstić information content (AvgIpc) is 2.92. The van der Waals surface area contributed by atoms with Gasteiger partial charge in [0.1, 0.15) is 0 Å². The van der Waals surface area contributed by atoms with Crippen LogP contribution in [0.5, 0.6) is 11.5 Å². The zero-order chi connectivity index (χ0) is 13.7. The number of imidazole rings is 1. The lowest BCUT2D eigenvalue weighted by atomic mass is 10.2. The number of rotatable bonds is 6. The van der Waals surface area contributed by atoms with E-state index in [0.29, 0.717) is 0 Å². The number of aromatic nitrogens is 2. The van der Waals surface area contributed by atoms with Crippen molar-refractivity contribution in [1.82, 2.24) is 9.55 Å². The van der Waals surface area contributed by atoms with E-state index in [0.717, 1.165) is 36.0 Å². The molecule has 0 aliphatic carbocycles. The Hall–Kier alpha value is -2.17. The Bertz CT molecular complexity index is 537. The van der Waals surface area contributed by atoms with Crippen molar-refractivity contribution in [2.45, 2.75) is 20.0 Å². The topological polar surface area (TPSA) is 48.3 Å². The van der Waals surface area contributed by atoms with Gasteiger partial charge in [-0.1, -0.05) is 0 Å². The van der Waals surface area contributed by atoms with Crippen molar-refractivity contribution in [1.29, 1.82) is 0 Å². The van der Waals surface area contributed by atoms with Gasteiger partial charge in [0.05, 0.1) is 32.8 Å². The molecule has 0 aliphatic heterocycles. The van der Waals surface area contributed by atoms with Gasteiger partial charge >= 0.3 is 0 Å². The molecule has 0 amide bonds. The molecule has 2 aromatic rings. The molecular weight excluding hydrogens is 242 g/mol. The van der Waals surface area contributed by atoms with Crippen molar-refractivity contribution in [3.8, 4) is 11.5 Å². The minimum absolute atomic E-state index is 0.719. The van der Waals surface area contributed by atoms with E-state index < -0.39 is 0 Å². The van der Waals surface area contributed by atoms with E-state index in [9.17, 15) is 0 Å². The van der Waals surface area contributed by atoms with Crippen LogP contribution in [-0.2, 0) is 13.1 Å². The summed E-state index contributed by atoms with van der Waals surface area (Å²) in [6, 6.07) is 5.78. The second-order valence-corrected chi connectivity index (χ2v) is 4.09. The average molecular weight is 261 g/mol. The van der Waals surface area contributed by atoms with Crippen LogP contribution < -0.4 is 14.8 Å². The molecule has 0 unspecified atom stereocenters. The number of nitrogens with one attached hydrogen (secondary N) is 1. The van der Waals surface area contributed by atoms with Gasteiger partial charge in [-0.05, 0) is 19.1 Å². The molecule has 0 atom stereocenters. The number of hydrogen-bond acceptors (Lipinski definition) is 4. The number of anilines is 1. The van der Waals surface area contributed by atoms with E-state index in [1.807, 2.05) is 30.7 Å². The predicted octanol–water partition coefficient (Wildman–Crippen LogP) is 2.53. The fraction of sp³-hybridized carbons (Fsp3) is 0.357. The van der Waals surface area contributed by atoms with Crippen LogP contribution in [0.4, 0.5) is 5.69 Å². The third-order valence-electron chi connectivity index (χ3n) is 3.00. The maximum atomic E-state index is 5.28. The largest absolute Gasteiger partial charge is 0.493 e. The second-order valence-electron chi connectivity index (χ2n) is 4.09. The van der Waals surface area contributed by atoms with Gasteiger partial charge in [-0.3, -0.25) is 0 Å². The summed E-state index contributed by atoms with van der Waals surface area (Å²) in [5.74, 6) is 1.45. The maximum Gasteiger partial charge on any atom is 0.162 e. The first-order valence-electron chi connectivity index (χ1n) is 6.23. The van der Waals surface area contributed by atoms with Gasteiger partial charge in [-0.2, -0.15) is 0 Å². The summed E-state index contributed by atoms with van der Waals surface area (Å²) in [7, 11) is 3.26. The van der Waals surface area contributed by atoms with Crippen LogP contribution in [0.1, 0.15) is 12.6 Å². The second kappa shape index (κ2) is 6.13. The van der Waals surface area contributed by atoms with Gasteiger partial charge in [0.25, 0.3) is 0 Å². The Labute approximate surface area is 113 Å². The van der Waals surface area contributed by atoms with E-state index in [4.69, 9.17) is 9.47 Å². The lowest BCUT2D eigenvalue weighted by molar-refractivity contribution is 0.355. The molecule has 5 nitrogen and oxygen atoms in total. The highest BCUT2D eigenvalue weighted by Gasteiger charge is 2.05. The van der Waals surface area contributed by atoms with Crippen LogP contribution in [0, 0.1) is 0 Å². The van der Waals surface area contributed by atoms with Crippen molar-refractivity contribution in [3.05, 3.63) is 36.4 Å². The van der Waals surface area contributed by atoms with Gasteiger partial charge < -0.3 is 19.4 Å². The Morgan fingerprint density at radius 2 is 2.00 bits per heavy atom. The van der Waals surface area contributed by atoms with Crippen LogP contribution >= 0.6 is 0 Å². The van der Waals surface area contributed by atoms with E-state index in [1.54, 1.807) is 14.2 Å². The van der Waals surface area contributed by atoms with Gasteiger partial charge in [0.15, 0.2) is 11.5 Å². The summed E-state index contributed by atoms with van der Waals surface area (Å²) in [6.07, 6.45) is 3.71. The smallest absolute Gasteiger partial charge is 0.162 e. The SMILES string of the molecule is CCn1cncc1CNc1ccc(OC)c(OC)c1. The molecule has 0 bridgehead atoms. The maximum absolute atomic E-state index is 5.28. The molecular formula is C14H19N3O2. The summed E-state index contributed by atoms with van der Waals surface area (Å²) in [6.45, 7) is 3.74. The van der Waals surface area contributed by atoms with Crippen molar-refractivity contribution >= 4 is 5.69 Å². The fourth-order valence-corrected chi connectivity index (χ4v) is 1.92. The monoisotopic (exact) mass is 261 g/mol. The van der Waals surface area contributed by atoms with Crippen LogP contribution in [0.25, 0.3) is 0 Å². The molecule has 0 radical (unpaired) electrons. The number of hydrogen-bond donors (Lipinski definition) is 1. The molecule has 1 N–H and O–H groups in total. The molecule has 0 fully saturated rings. The van der Waals surface area contributed by atoms with E-state index in [-0.39, 0.29) is 0 Å². The highest BCUT2D eigenvalue weighted by Crippen LogP contribution is 2.29. The molecule has 0 aliphatic rings. The van der Waals surface area contributed by atoms with Crippen molar-refractivity contribution in [2.24, 2.45) is 0 Å². The quantitative estimate of drug-likeness (QED) is 0.868. The number of benzene rings is 1. The molecule has 102 valence electrons. The lowest BCUT2D eigenvalue weighted by Gasteiger charge is -2.12. The molecule has 19 heavy (non-hydrogen) atoms. The Morgan fingerprint density at radius 3 is 2.68 bits per heavy atom. The van der Waals surface area contributed by atoms with Crippen molar-refractivity contribution < 1.29 is 9.47 Å². The first-order valence-corrected chi connectivity index (χ1v) is 6.23. The Kier molecular flexibility index (Phi) is 4.28. The summed E-state index contributed by atoms with van der Waals surface area (Å²) in [4.78, 5) is 4.14. The molecule has 5 heteroatoms. The van der Waals surface area contributed by atoms with Gasteiger partial charge in [-0.15, -0.1) is 0 Å². The number of methoxy groups -OCH3 is 2. The standard InChI is InChI=1S/C14H19N3O2/c1-4-17-10-15-8-12(17)9-16-11-5-6-13(18-2)14(7-11)19-3/h5-8,10,16H,4,9H2,1-3H3. The first kappa shape index (κ1) is 13.3. The third-order valence-corrected chi connectivity index (χ3v) is 3.00. The summed E-state index contributed by atoms with van der Waals surface area (Å²) in [5, 5.41) is 3.35. The van der Waals surface area contributed by atoms with Gasteiger partial charge in [0, 0.05) is 24.5 Å². The predicted molar refractivity (Wildman–Crippen MR) is 74.8 cm³/mol. The molecule has 1 heterocycles. The lowest BCUT2D eigenvalue weighted by Crippen LogP contribution is -2.06. The number of nitrogens with zero attached hydrogens (tertiary/aromatic N) is 2. The molecule has 0 saturated carbocycles. The molecule has 1 aromatic carbocycles. The summed E-state index contributed by atoms with van der Waals surface area (Å²) < 4.78 is 12.6. The zero-order valence-corrected chi connectivity index (χ0v) is 11.5. The normalized spacial score (nSPS) is 10.3. The van der Waals surface area contributed by atoms with E-state index >= 15 is 0 Å². The van der Waals surface area contributed by atoms with Gasteiger partial charge in [-0.25, -0.2) is 4.98 Å². The summed E-state index contributed by atoms with van der Waals surface area (Å²) >= 11 is 0. The molecule has 1 aromatic heterocycles. The van der Waals surface area contributed by atoms with Crippen LogP contribution in [-0.4, -0.2) is 23.8 Å². The highest BCUT2D eigenvalue weighted by atomic mass is 16.5. The van der Waals surface area contributed by atoms with E-state index in [1.165, 1.54) is 0 Å². The van der Waals surface area contributed by atoms with Crippen molar-refractivity contribution in [3.63, 3.8) is 0 Å². The Balaban J connectivity index is 2.07. The van der Waals surface area contributed by atoms with Crippen molar-refractivity contribution in [2.75, 3.05) is 19.5 Å². The van der Waals surface area contributed by atoms with Gasteiger partial charge in [0.2, 0.25) is 0 Å². The third kappa shape index (κ3) is 2.99. The number of ether oxygens (including phenoxy) is 2. The highest BCUT2D eigenvalue weighted by molar-refractivity contribution is 5.54. The van der Waals surface area contributed by atoms with E-state index in [2.05, 4.69) is 21.8 Å². The minimum Gasteiger partial charge on any atom is -0.493 e. The first-order chi connectivity index (χ1) is 9.28.